The smallest absolute Gasteiger partial charge is 0.0154 e. The monoisotopic (exact) mass is 295 g/mol. The lowest BCUT2D eigenvalue weighted by atomic mass is 9.79. The van der Waals surface area contributed by atoms with Crippen molar-refractivity contribution in [3.8, 4) is 0 Å². The Labute approximate surface area is 134 Å². The summed E-state index contributed by atoms with van der Waals surface area (Å²) in [5.41, 5.74) is 6.71. The molecule has 0 aromatic rings. The molecule has 126 valence electrons. The number of rotatable bonds is 13. The molecule has 1 saturated carbocycles. The quantitative estimate of drug-likeness (QED) is 0.374. The molecular formula is C20H41N. The van der Waals surface area contributed by atoms with Gasteiger partial charge in [-0.25, -0.2) is 0 Å². The van der Waals surface area contributed by atoms with Gasteiger partial charge in [0.1, 0.15) is 0 Å². The minimum atomic E-state index is 0.219. The van der Waals surface area contributed by atoms with Crippen LogP contribution < -0.4 is 5.73 Å². The van der Waals surface area contributed by atoms with Crippen LogP contribution in [0, 0.1) is 0 Å². The minimum absolute atomic E-state index is 0.219. The molecule has 0 saturated heterocycles. The van der Waals surface area contributed by atoms with Gasteiger partial charge in [0.2, 0.25) is 0 Å². The maximum absolute atomic E-state index is 6.49. The molecule has 2 N–H and O–H groups in total. The molecule has 0 atom stereocenters. The van der Waals surface area contributed by atoms with E-state index in [1.165, 1.54) is 116 Å². The fourth-order valence-corrected chi connectivity index (χ4v) is 3.82. The normalized spacial score (nSPS) is 18.0. The molecule has 21 heavy (non-hydrogen) atoms. The highest BCUT2D eigenvalue weighted by Crippen LogP contribution is 2.30. The second-order valence-electron chi connectivity index (χ2n) is 7.56. The summed E-state index contributed by atoms with van der Waals surface area (Å²) in [5.74, 6) is 0. The highest BCUT2D eigenvalue weighted by atomic mass is 14.7. The first-order chi connectivity index (χ1) is 10.3. The molecule has 0 unspecified atom stereocenters. The Morgan fingerprint density at radius 2 is 1.05 bits per heavy atom. The molecule has 0 amide bonds. The van der Waals surface area contributed by atoms with Crippen LogP contribution in [0.5, 0.6) is 0 Å². The highest BCUT2D eigenvalue weighted by molar-refractivity contribution is 4.86. The van der Waals surface area contributed by atoms with Crippen molar-refractivity contribution >= 4 is 0 Å². The molecule has 0 bridgehead atoms. The molecule has 1 fully saturated rings. The topological polar surface area (TPSA) is 26.0 Å². The minimum Gasteiger partial charge on any atom is -0.325 e. The van der Waals surface area contributed by atoms with Gasteiger partial charge in [0.25, 0.3) is 0 Å². The van der Waals surface area contributed by atoms with Crippen molar-refractivity contribution in [2.24, 2.45) is 5.73 Å². The number of hydrogen-bond acceptors (Lipinski definition) is 1. The van der Waals surface area contributed by atoms with Crippen molar-refractivity contribution in [1.29, 1.82) is 0 Å². The van der Waals surface area contributed by atoms with Gasteiger partial charge in [0.05, 0.1) is 0 Å². The molecule has 0 radical (unpaired) electrons. The summed E-state index contributed by atoms with van der Waals surface area (Å²) in [6.45, 7) is 2.29. The van der Waals surface area contributed by atoms with Crippen LogP contribution >= 0.6 is 0 Å². The van der Waals surface area contributed by atoms with Gasteiger partial charge in [-0.1, -0.05) is 103 Å². The number of hydrogen-bond donors (Lipinski definition) is 1. The molecule has 0 spiro atoms. The average Bonchev–Trinajstić information content (AvgIpc) is 2.49. The third-order valence-corrected chi connectivity index (χ3v) is 5.38. The first kappa shape index (κ1) is 19.0. The SMILES string of the molecule is CCCCCCCCCCCCCCC1(N)CCCCC1. The summed E-state index contributed by atoms with van der Waals surface area (Å²) < 4.78 is 0. The van der Waals surface area contributed by atoms with Crippen LogP contribution in [0.15, 0.2) is 0 Å². The van der Waals surface area contributed by atoms with E-state index in [0.717, 1.165) is 0 Å². The first-order valence-corrected chi connectivity index (χ1v) is 10.1. The van der Waals surface area contributed by atoms with Gasteiger partial charge in [-0.3, -0.25) is 0 Å². The highest BCUT2D eigenvalue weighted by Gasteiger charge is 2.26. The van der Waals surface area contributed by atoms with Crippen LogP contribution in [0.4, 0.5) is 0 Å². The Morgan fingerprint density at radius 3 is 1.52 bits per heavy atom. The van der Waals surface area contributed by atoms with Crippen LogP contribution in [0.2, 0.25) is 0 Å². The first-order valence-electron chi connectivity index (χ1n) is 10.1. The van der Waals surface area contributed by atoms with E-state index in [0.29, 0.717) is 0 Å². The van der Waals surface area contributed by atoms with E-state index < -0.39 is 0 Å². The van der Waals surface area contributed by atoms with Crippen molar-refractivity contribution < 1.29 is 0 Å². The molecular weight excluding hydrogens is 254 g/mol. The molecule has 0 aromatic carbocycles. The molecule has 1 aliphatic carbocycles. The lowest BCUT2D eigenvalue weighted by Gasteiger charge is -2.33. The summed E-state index contributed by atoms with van der Waals surface area (Å²) in [4.78, 5) is 0. The van der Waals surface area contributed by atoms with E-state index in [4.69, 9.17) is 5.73 Å². The van der Waals surface area contributed by atoms with E-state index in [1.807, 2.05) is 0 Å². The summed E-state index contributed by atoms with van der Waals surface area (Å²) in [7, 11) is 0. The lowest BCUT2D eigenvalue weighted by Crippen LogP contribution is -2.41. The second kappa shape index (κ2) is 12.5. The molecule has 0 heterocycles. The van der Waals surface area contributed by atoms with Crippen molar-refractivity contribution in [2.75, 3.05) is 0 Å². The summed E-state index contributed by atoms with van der Waals surface area (Å²) in [6.07, 6.45) is 25.2. The van der Waals surface area contributed by atoms with Crippen LogP contribution in [0.25, 0.3) is 0 Å². The Balaban J connectivity index is 1.78. The van der Waals surface area contributed by atoms with Gasteiger partial charge in [-0.2, -0.15) is 0 Å². The Kier molecular flexibility index (Phi) is 11.3. The van der Waals surface area contributed by atoms with Gasteiger partial charge in [-0.05, 0) is 19.3 Å². The zero-order valence-electron chi connectivity index (χ0n) is 14.8. The predicted octanol–water partition coefficient (Wildman–Crippen LogP) is 6.74. The lowest BCUT2D eigenvalue weighted by molar-refractivity contribution is 0.269. The molecule has 0 aromatic heterocycles. The van der Waals surface area contributed by atoms with Crippen LogP contribution in [-0.2, 0) is 0 Å². The Bertz CT molecular complexity index is 218. The Morgan fingerprint density at radius 1 is 0.619 bits per heavy atom. The average molecular weight is 296 g/mol. The molecule has 0 aliphatic heterocycles. The van der Waals surface area contributed by atoms with Crippen LogP contribution in [0.1, 0.15) is 122 Å². The van der Waals surface area contributed by atoms with Gasteiger partial charge in [-0.15, -0.1) is 0 Å². The molecule has 1 rings (SSSR count). The fraction of sp³-hybridized carbons (Fsp3) is 1.00. The van der Waals surface area contributed by atoms with Crippen molar-refractivity contribution in [2.45, 2.75) is 128 Å². The maximum Gasteiger partial charge on any atom is 0.0154 e. The van der Waals surface area contributed by atoms with Crippen LogP contribution in [-0.4, -0.2) is 5.54 Å². The fourth-order valence-electron chi connectivity index (χ4n) is 3.82. The Hall–Kier alpha value is -0.0400. The molecule has 1 nitrogen and oxygen atoms in total. The van der Waals surface area contributed by atoms with E-state index in [1.54, 1.807) is 0 Å². The third kappa shape index (κ3) is 10.3. The van der Waals surface area contributed by atoms with E-state index in [-0.39, 0.29) is 5.54 Å². The van der Waals surface area contributed by atoms with Gasteiger partial charge in [0, 0.05) is 5.54 Å². The molecule has 1 aliphatic rings. The van der Waals surface area contributed by atoms with Gasteiger partial charge < -0.3 is 5.73 Å². The molecule has 1 heteroatoms. The third-order valence-electron chi connectivity index (χ3n) is 5.38. The zero-order valence-corrected chi connectivity index (χ0v) is 14.8. The van der Waals surface area contributed by atoms with Crippen molar-refractivity contribution in [3.05, 3.63) is 0 Å². The predicted molar refractivity (Wildman–Crippen MR) is 95.7 cm³/mol. The largest absolute Gasteiger partial charge is 0.325 e. The van der Waals surface area contributed by atoms with Crippen LogP contribution in [0.3, 0.4) is 0 Å². The van der Waals surface area contributed by atoms with Gasteiger partial charge >= 0.3 is 0 Å². The van der Waals surface area contributed by atoms with Crippen molar-refractivity contribution in [1.82, 2.24) is 0 Å². The number of nitrogens with two attached hydrogens (primary N) is 1. The number of unbranched alkanes of at least 4 members (excludes halogenated alkanes) is 11. The van der Waals surface area contributed by atoms with E-state index >= 15 is 0 Å². The summed E-state index contributed by atoms with van der Waals surface area (Å²) in [5, 5.41) is 0. The maximum atomic E-state index is 6.49. The second-order valence-corrected chi connectivity index (χ2v) is 7.56. The van der Waals surface area contributed by atoms with E-state index in [2.05, 4.69) is 6.92 Å². The van der Waals surface area contributed by atoms with E-state index in [9.17, 15) is 0 Å². The standard InChI is InChI=1S/C20H41N/c1-2-3-4-5-6-7-8-9-10-11-12-14-17-20(21)18-15-13-16-19-20/h2-19,21H2,1H3. The van der Waals surface area contributed by atoms with Gasteiger partial charge in [0.15, 0.2) is 0 Å². The summed E-state index contributed by atoms with van der Waals surface area (Å²) >= 11 is 0. The zero-order chi connectivity index (χ0) is 15.2. The van der Waals surface area contributed by atoms with Crippen molar-refractivity contribution in [3.63, 3.8) is 0 Å². The summed E-state index contributed by atoms with van der Waals surface area (Å²) in [6, 6.07) is 0.